The molecule has 0 radical (unpaired) electrons. The quantitative estimate of drug-likeness (QED) is 0.700. The van der Waals surface area contributed by atoms with E-state index < -0.39 is 17.4 Å². The summed E-state index contributed by atoms with van der Waals surface area (Å²) in [5, 5.41) is 0. The van der Waals surface area contributed by atoms with Gasteiger partial charge < -0.3 is 24.2 Å². The highest BCUT2D eigenvalue weighted by Gasteiger charge is 2.67. The van der Waals surface area contributed by atoms with Crippen LogP contribution in [-0.2, 0) is 19.1 Å². The molecule has 5 rings (SSSR count). The molecule has 1 aromatic carbocycles. The largest absolute Gasteiger partial charge is 0.450 e. The number of hydrogen-bond acceptors (Lipinski definition) is 5. The highest BCUT2D eigenvalue weighted by molar-refractivity contribution is 6.03. The van der Waals surface area contributed by atoms with E-state index in [4.69, 9.17) is 9.47 Å². The maximum Gasteiger partial charge on any atom is 0.409 e. The van der Waals surface area contributed by atoms with Crippen molar-refractivity contribution in [3.05, 3.63) is 42.5 Å². The van der Waals surface area contributed by atoms with E-state index in [-0.39, 0.29) is 24.0 Å². The van der Waals surface area contributed by atoms with Crippen molar-refractivity contribution in [2.75, 3.05) is 44.2 Å². The summed E-state index contributed by atoms with van der Waals surface area (Å²) in [5.41, 5.74) is 0.0889. The molecule has 3 amide bonds. The Labute approximate surface area is 175 Å². The normalized spacial score (nSPS) is 32.0. The molecule has 4 aliphatic heterocycles. The number of ether oxygens (including phenoxy) is 2. The molecule has 1 spiro atoms. The van der Waals surface area contributed by atoms with Gasteiger partial charge in [-0.1, -0.05) is 30.4 Å². The number of fused-ring (bicyclic) bond motifs is 1. The Bertz CT molecular complexity index is 895. The van der Waals surface area contributed by atoms with E-state index in [2.05, 4.69) is 0 Å². The van der Waals surface area contributed by atoms with Gasteiger partial charge in [-0.2, -0.15) is 0 Å². The van der Waals surface area contributed by atoms with Crippen molar-refractivity contribution in [2.45, 2.75) is 18.6 Å². The van der Waals surface area contributed by atoms with E-state index in [1.54, 1.807) is 21.6 Å². The van der Waals surface area contributed by atoms with Crippen LogP contribution in [0.5, 0.6) is 0 Å². The van der Waals surface area contributed by atoms with E-state index in [0.29, 0.717) is 39.3 Å². The molecular weight excluding hydrogens is 386 g/mol. The third-order valence-electron chi connectivity index (χ3n) is 6.57. The fraction of sp³-hybridized carbons (Fsp3) is 0.500. The molecule has 3 fully saturated rings. The molecule has 1 aromatic rings. The Hall–Kier alpha value is -2.87. The van der Waals surface area contributed by atoms with Crippen molar-refractivity contribution < 1.29 is 23.9 Å². The zero-order valence-electron chi connectivity index (χ0n) is 16.9. The number of amides is 3. The Morgan fingerprint density at radius 1 is 1.13 bits per heavy atom. The first-order valence-electron chi connectivity index (χ1n) is 10.5. The van der Waals surface area contributed by atoms with Gasteiger partial charge in [0.2, 0.25) is 11.8 Å². The van der Waals surface area contributed by atoms with E-state index in [1.165, 1.54) is 0 Å². The molecule has 0 aromatic heterocycles. The minimum absolute atomic E-state index is 0.0587. The Balaban J connectivity index is 1.33. The minimum Gasteiger partial charge on any atom is -0.450 e. The Morgan fingerprint density at radius 3 is 2.53 bits per heavy atom. The number of anilines is 1. The van der Waals surface area contributed by atoms with Crippen LogP contribution in [0, 0.1) is 11.8 Å². The Kier molecular flexibility index (Phi) is 4.54. The fourth-order valence-corrected chi connectivity index (χ4v) is 5.14. The summed E-state index contributed by atoms with van der Waals surface area (Å²) in [4.78, 5) is 43.8. The number of para-hydroxylation sites is 1. The van der Waals surface area contributed by atoms with E-state index in [0.717, 1.165) is 5.69 Å². The van der Waals surface area contributed by atoms with Crippen LogP contribution < -0.4 is 4.90 Å². The molecule has 30 heavy (non-hydrogen) atoms. The lowest BCUT2D eigenvalue weighted by Crippen LogP contribution is -2.54. The number of hydrogen-bond donors (Lipinski definition) is 0. The lowest BCUT2D eigenvalue weighted by Gasteiger charge is -2.36. The number of rotatable bonds is 3. The third kappa shape index (κ3) is 2.81. The molecule has 0 N–H and O–H groups in total. The first-order valence-corrected chi connectivity index (χ1v) is 10.5. The highest BCUT2D eigenvalue weighted by atomic mass is 16.6. The van der Waals surface area contributed by atoms with Crippen LogP contribution in [0.15, 0.2) is 42.5 Å². The molecule has 4 aliphatic rings. The topological polar surface area (TPSA) is 79.4 Å². The van der Waals surface area contributed by atoms with Crippen molar-refractivity contribution in [1.82, 2.24) is 9.80 Å². The molecule has 158 valence electrons. The summed E-state index contributed by atoms with van der Waals surface area (Å²) >= 11 is 0. The molecule has 0 saturated carbocycles. The van der Waals surface area contributed by atoms with Gasteiger partial charge in [-0.25, -0.2) is 4.79 Å². The number of piperazine rings is 1. The maximum absolute atomic E-state index is 13.4. The standard InChI is InChI=1S/C22H25N3O5/c1-2-29-21(28)24-12-10-23(11-13-24)19(26)17-16-8-9-22(30-16)14-25(20(27)18(17)22)15-6-4-3-5-7-15/h3-9,16-18H,2,10-14H2,1H3/t16-,17+,18+,22+/m1/s1. The van der Waals surface area contributed by atoms with Gasteiger partial charge in [0.15, 0.2) is 0 Å². The predicted molar refractivity (Wildman–Crippen MR) is 108 cm³/mol. The van der Waals surface area contributed by atoms with Crippen LogP contribution in [0.1, 0.15) is 6.92 Å². The molecule has 0 unspecified atom stereocenters. The van der Waals surface area contributed by atoms with Crippen LogP contribution in [0.25, 0.3) is 0 Å². The highest BCUT2D eigenvalue weighted by Crippen LogP contribution is 2.53. The zero-order valence-corrected chi connectivity index (χ0v) is 16.9. The minimum atomic E-state index is -0.731. The van der Waals surface area contributed by atoms with E-state index in [9.17, 15) is 14.4 Å². The molecule has 8 nitrogen and oxygen atoms in total. The van der Waals surface area contributed by atoms with Gasteiger partial charge >= 0.3 is 6.09 Å². The van der Waals surface area contributed by atoms with Gasteiger partial charge in [-0.15, -0.1) is 0 Å². The Morgan fingerprint density at radius 2 is 1.83 bits per heavy atom. The second-order valence-electron chi connectivity index (χ2n) is 8.17. The monoisotopic (exact) mass is 411 g/mol. The van der Waals surface area contributed by atoms with Crippen molar-refractivity contribution >= 4 is 23.6 Å². The van der Waals surface area contributed by atoms with Crippen molar-refractivity contribution in [3.8, 4) is 0 Å². The number of benzene rings is 1. The number of carbonyl (C=O) groups is 3. The molecule has 2 bridgehead atoms. The summed E-state index contributed by atoms with van der Waals surface area (Å²) in [5.74, 6) is -1.16. The van der Waals surface area contributed by atoms with Crippen LogP contribution in [0.3, 0.4) is 0 Å². The van der Waals surface area contributed by atoms with E-state index in [1.807, 2.05) is 42.5 Å². The van der Waals surface area contributed by atoms with Gasteiger partial charge in [0.05, 0.1) is 31.1 Å². The average molecular weight is 411 g/mol. The summed E-state index contributed by atoms with van der Waals surface area (Å²) in [7, 11) is 0. The van der Waals surface area contributed by atoms with Crippen molar-refractivity contribution in [1.29, 1.82) is 0 Å². The second kappa shape index (κ2) is 7.12. The number of nitrogens with zero attached hydrogens (tertiary/aromatic N) is 3. The first kappa shape index (κ1) is 19.1. The van der Waals surface area contributed by atoms with Gasteiger partial charge in [-0.05, 0) is 19.1 Å². The van der Waals surface area contributed by atoms with Gasteiger partial charge in [-0.3, -0.25) is 9.59 Å². The predicted octanol–water partition coefficient (Wildman–Crippen LogP) is 1.27. The van der Waals surface area contributed by atoms with Crippen LogP contribution in [-0.4, -0.2) is 78.7 Å². The molecular formula is C22H25N3O5. The van der Waals surface area contributed by atoms with Crippen molar-refractivity contribution in [3.63, 3.8) is 0 Å². The van der Waals surface area contributed by atoms with Crippen LogP contribution >= 0.6 is 0 Å². The van der Waals surface area contributed by atoms with Gasteiger partial charge in [0, 0.05) is 31.9 Å². The van der Waals surface area contributed by atoms with Gasteiger partial charge in [0.25, 0.3) is 0 Å². The SMILES string of the molecule is CCOC(=O)N1CCN(C(=O)[C@@H]2[C@H]3C(=O)N(c4ccccc4)C[C@@]34C=C[C@H]2O4)CC1. The first-order chi connectivity index (χ1) is 14.5. The van der Waals surface area contributed by atoms with Gasteiger partial charge in [0.1, 0.15) is 5.60 Å². The van der Waals surface area contributed by atoms with Crippen LogP contribution in [0.4, 0.5) is 10.5 Å². The second-order valence-corrected chi connectivity index (χ2v) is 8.17. The van der Waals surface area contributed by atoms with Crippen LogP contribution in [0.2, 0.25) is 0 Å². The lowest BCUT2D eigenvalue weighted by atomic mass is 9.76. The average Bonchev–Trinajstić information content (AvgIpc) is 3.42. The fourth-order valence-electron chi connectivity index (χ4n) is 5.14. The third-order valence-corrected chi connectivity index (χ3v) is 6.57. The van der Waals surface area contributed by atoms with E-state index >= 15 is 0 Å². The smallest absolute Gasteiger partial charge is 0.409 e. The summed E-state index contributed by atoms with van der Waals surface area (Å²) in [6.45, 7) is 4.25. The number of carbonyl (C=O) groups excluding carboxylic acids is 3. The van der Waals surface area contributed by atoms with Crippen molar-refractivity contribution in [2.24, 2.45) is 11.8 Å². The molecule has 3 saturated heterocycles. The zero-order chi connectivity index (χ0) is 20.9. The molecule has 4 atom stereocenters. The summed E-state index contributed by atoms with van der Waals surface area (Å²) in [6.07, 6.45) is 3.17. The lowest BCUT2D eigenvalue weighted by molar-refractivity contribution is -0.141. The molecule has 0 aliphatic carbocycles. The summed E-state index contributed by atoms with van der Waals surface area (Å²) in [6, 6.07) is 9.50. The summed E-state index contributed by atoms with van der Waals surface area (Å²) < 4.78 is 11.3. The molecule has 8 heteroatoms. The maximum atomic E-state index is 13.4. The molecule has 4 heterocycles.